The summed E-state index contributed by atoms with van der Waals surface area (Å²) in [6.07, 6.45) is 1.25. The lowest BCUT2D eigenvalue weighted by molar-refractivity contribution is -0.391. The van der Waals surface area contributed by atoms with Gasteiger partial charge in [-0.1, -0.05) is 0 Å². The SMILES string of the molecule is CCN(CC)c1cc(-c2ncc([N+](=O)[O-])n2C)nn1C. The number of nitrogens with zero attached hydrogens (tertiary/aromatic N) is 6. The molecule has 0 atom stereocenters. The number of anilines is 1. The summed E-state index contributed by atoms with van der Waals surface area (Å²) in [6, 6.07) is 1.90. The minimum atomic E-state index is -0.454. The maximum Gasteiger partial charge on any atom is 0.342 e. The predicted octanol–water partition coefficient (Wildman–Crippen LogP) is 1.57. The Bertz CT molecular complexity index is 626. The van der Waals surface area contributed by atoms with E-state index in [4.69, 9.17) is 0 Å². The summed E-state index contributed by atoms with van der Waals surface area (Å²) in [7, 11) is 3.47. The van der Waals surface area contributed by atoms with Crippen molar-refractivity contribution in [2.45, 2.75) is 13.8 Å². The number of hydrogen-bond donors (Lipinski definition) is 0. The topological polar surface area (TPSA) is 82.0 Å². The van der Waals surface area contributed by atoms with Gasteiger partial charge in [0, 0.05) is 26.2 Å². The second-order valence-electron chi connectivity index (χ2n) is 4.44. The molecule has 20 heavy (non-hydrogen) atoms. The lowest BCUT2D eigenvalue weighted by Crippen LogP contribution is -2.24. The van der Waals surface area contributed by atoms with Gasteiger partial charge in [-0.3, -0.25) is 4.68 Å². The molecule has 2 rings (SSSR count). The van der Waals surface area contributed by atoms with Gasteiger partial charge in [0.2, 0.25) is 5.82 Å². The van der Waals surface area contributed by atoms with E-state index in [0.717, 1.165) is 18.9 Å². The Morgan fingerprint density at radius 2 is 2.00 bits per heavy atom. The molecule has 0 aliphatic rings. The van der Waals surface area contributed by atoms with E-state index in [0.29, 0.717) is 11.5 Å². The molecule has 2 aromatic rings. The van der Waals surface area contributed by atoms with E-state index in [1.807, 2.05) is 13.1 Å². The monoisotopic (exact) mass is 278 g/mol. The van der Waals surface area contributed by atoms with Gasteiger partial charge >= 0.3 is 5.82 Å². The van der Waals surface area contributed by atoms with Gasteiger partial charge in [-0.2, -0.15) is 5.10 Å². The molecule has 0 amide bonds. The van der Waals surface area contributed by atoms with Crippen molar-refractivity contribution in [2.24, 2.45) is 14.1 Å². The fraction of sp³-hybridized carbons (Fsp3) is 0.500. The predicted molar refractivity (Wildman–Crippen MR) is 75.6 cm³/mol. The van der Waals surface area contributed by atoms with E-state index in [9.17, 15) is 10.1 Å². The van der Waals surface area contributed by atoms with Crippen LogP contribution >= 0.6 is 0 Å². The van der Waals surface area contributed by atoms with Crippen LogP contribution in [0.3, 0.4) is 0 Å². The molecule has 8 heteroatoms. The molecule has 2 aromatic heterocycles. The standard InChI is InChI=1S/C12H18N6O2/c1-5-17(6-2)10-7-9(14-16(10)4)12-13-8-11(15(12)3)18(19)20/h7-8H,5-6H2,1-4H3. The van der Waals surface area contributed by atoms with Crippen LogP contribution in [0.25, 0.3) is 11.5 Å². The first-order valence-electron chi connectivity index (χ1n) is 6.45. The molecule has 8 nitrogen and oxygen atoms in total. The van der Waals surface area contributed by atoms with Gasteiger partial charge in [-0.15, -0.1) is 0 Å². The van der Waals surface area contributed by atoms with Gasteiger partial charge in [0.05, 0.1) is 7.05 Å². The van der Waals surface area contributed by atoms with Crippen LogP contribution in [0, 0.1) is 10.1 Å². The Morgan fingerprint density at radius 3 is 2.50 bits per heavy atom. The number of imidazole rings is 1. The molecule has 0 aromatic carbocycles. The summed E-state index contributed by atoms with van der Waals surface area (Å²) in [5, 5.41) is 15.3. The van der Waals surface area contributed by atoms with E-state index in [1.165, 1.54) is 10.8 Å². The summed E-state index contributed by atoms with van der Waals surface area (Å²) in [4.78, 5) is 16.7. The van der Waals surface area contributed by atoms with Crippen molar-refractivity contribution in [1.29, 1.82) is 0 Å². The molecule has 2 heterocycles. The number of rotatable bonds is 5. The van der Waals surface area contributed by atoms with Crippen molar-refractivity contribution in [3.05, 3.63) is 22.4 Å². The average molecular weight is 278 g/mol. The summed E-state index contributed by atoms with van der Waals surface area (Å²) < 4.78 is 3.21. The Morgan fingerprint density at radius 1 is 1.35 bits per heavy atom. The van der Waals surface area contributed by atoms with Gasteiger partial charge in [0.15, 0.2) is 5.69 Å². The molecule has 0 unspecified atom stereocenters. The lowest BCUT2D eigenvalue weighted by Gasteiger charge is -2.19. The molecule has 0 saturated carbocycles. The van der Waals surface area contributed by atoms with E-state index in [2.05, 4.69) is 28.8 Å². The molecule has 0 bridgehead atoms. The highest BCUT2D eigenvalue weighted by Crippen LogP contribution is 2.25. The maximum atomic E-state index is 10.9. The molecule has 0 fully saturated rings. The van der Waals surface area contributed by atoms with Gasteiger partial charge in [0.25, 0.3) is 0 Å². The van der Waals surface area contributed by atoms with Gasteiger partial charge in [-0.25, -0.2) is 9.55 Å². The summed E-state index contributed by atoms with van der Waals surface area (Å²) in [6.45, 7) is 5.88. The zero-order valence-electron chi connectivity index (χ0n) is 12.1. The summed E-state index contributed by atoms with van der Waals surface area (Å²) in [5.41, 5.74) is 0.630. The zero-order chi connectivity index (χ0) is 14.9. The van der Waals surface area contributed by atoms with Crippen LogP contribution in [-0.2, 0) is 14.1 Å². The molecule has 0 aliphatic heterocycles. The first-order valence-corrected chi connectivity index (χ1v) is 6.45. The summed E-state index contributed by atoms with van der Waals surface area (Å²) in [5.74, 6) is 1.41. The Balaban J connectivity index is 2.45. The van der Waals surface area contributed by atoms with Crippen molar-refractivity contribution in [3.8, 4) is 11.5 Å². The van der Waals surface area contributed by atoms with Gasteiger partial charge in [-0.05, 0) is 18.8 Å². The molecule has 0 radical (unpaired) electrons. The van der Waals surface area contributed by atoms with Crippen molar-refractivity contribution in [1.82, 2.24) is 19.3 Å². The normalized spacial score (nSPS) is 10.8. The number of nitro groups is 1. The van der Waals surface area contributed by atoms with Crippen molar-refractivity contribution < 1.29 is 4.92 Å². The second kappa shape index (κ2) is 5.32. The number of aromatic nitrogens is 4. The minimum Gasteiger partial charge on any atom is -0.358 e. The Kier molecular flexibility index (Phi) is 3.73. The Hall–Kier alpha value is -2.38. The highest BCUT2D eigenvalue weighted by Gasteiger charge is 2.22. The molecule has 0 aliphatic carbocycles. The highest BCUT2D eigenvalue weighted by atomic mass is 16.6. The van der Waals surface area contributed by atoms with E-state index >= 15 is 0 Å². The fourth-order valence-corrected chi connectivity index (χ4v) is 2.22. The van der Waals surface area contributed by atoms with Gasteiger partial charge < -0.3 is 15.0 Å². The molecule has 0 N–H and O–H groups in total. The third kappa shape index (κ3) is 2.24. The highest BCUT2D eigenvalue weighted by molar-refractivity contribution is 5.59. The van der Waals surface area contributed by atoms with Crippen LogP contribution in [0.15, 0.2) is 12.3 Å². The van der Waals surface area contributed by atoms with E-state index in [-0.39, 0.29) is 5.82 Å². The zero-order valence-corrected chi connectivity index (χ0v) is 12.1. The third-order valence-electron chi connectivity index (χ3n) is 3.32. The quantitative estimate of drug-likeness (QED) is 0.612. The van der Waals surface area contributed by atoms with Crippen LogP contribution in [0.4, 0.5) is 11.6 Å². The van der Waals surface area contributed by atoms with Crippen molar-refractivity contribution in [2.75, 3.05) is 18.0 Å². The summed E-state index contributed by atoms with van der Waals surface area (Å²) >= 11 is 0. The maximum absolute atomic E-state index is 10.9. The third-order valence-corrected chi connectivity index (χ3v) is 3.32. The number of hydrogen-bond acceptors (Lipinski definition) is 5. The molecule has 0 saturated heterocycles. The molecule has 0 spiro atoms. The minimum absolute atomic E-state index is 0.0463. The van der Waals surface area contributed by atoms with Crippen molar-refractivity contribution in [3.63, 3.8) is 0 Å². The second-order valence-corrected chi connectivity index (χ2v) is 4.44. The van der Waals surface area contributed by atoms with Crippen LogP contribution in [-0.4, -0.2) is 37.3 Å². The number of aryl methyl sites for hydroxylation is 1. The first kappa shape index (κ1) is 14.0. The first-order chi connectivity index (χ1) is 9.49. The Labute approximate surface area is 116 Å². The molecule has 108 valence electrons. The average Bonchev–Trinajstić information content (AvgIpc) is 2.95. The van der Waals surface area contributed by atoms with Crippen LogP contribution < -0.4 is 4.90 Å². The van der Waals surface area contributed by atoms with Crippen LogP contribution in [0.5, 0.6) is 0 Å². The van der Waals surface area contributed by atoms with E-state index in [1.54, 1.807) is 11.7 Å². The van der Waals surface area contributed by atoms with Crippen molar-refractivity contribution >= 4 is 11.6 Å². The lowest BCUT2D eigenvalue weighted by atomic mass is 10.3. The molecular weight excluding hydrogens is 260 g/mol. The van der Waals surface area contributed by atoms with E-state index < -0.39 is 4.92 Å². The van der Waals surface area contributed by atoms with Gasteiger partial charge in [0.1, 0.15) is 12.0 Å². The van der Waals surface area contributed by atoms with Crippen LogP contribution in [0.1, 0.15) is 13.8 Å². The smallest absolute Gasteiger partial charge is 0.342 e. The largest absolute Gasteiger partial charge is 0.358 e. The molecular formula is C12H18N6O2. The van der Waals surface area contributed by atoms with Crippen LogP contribution in [0.2, 0.25) is 0 Å². The fourth-order valence-electron chi connectivity index (χ4n) is 2.22.